The fourth-order valence-corrected chi connectivity index (χ4v) is 2.61. The molecular formula is C6H13O9PS. The minimum atomic E-state index is -5.21. The van der Waals surface area contributed by atoms with Crippen LogP contribution in [0.1, 0.15) is 0 Å². The molecule has 7 N–H and O–H groups in total. The molecule has 0 spiro atoms. The number of rotatable bonds is 2. The summed E-state index contributed by atoms with van der Waals surface area (Å²) in [5.74, 6) is -3.00. The molecule has 1 rings (SSSR count). The van der Waals surface area contributed by atoms with E-state index >= 15 is 0 Å². The van der Waals surface area contributed by atoms with Gasteiger partial charge in [0.1, 0.15) is 18.3 Å². The minimum absolute atomic E-state index is 1.73. The van der Waals surface area contributed by atoms with Crippen molar-refractivity contribution in [3.8, 4) is 0 Å². The van der Waals surface area contributed by atoms with Crippen molar-refractivity contribution in [3.63, 3.8) is 0 Å². The first-order valence-electron chi connectivity index (χ1n) is 4.39. The Morgan fingerprint density at radius 3 is 1.94 bits per heavy atom. The van der Waals surface area contributed by atoms with Gasteiger partial charge in [0.2, 0.25) is 5.79 Å². The predicted molar refractivity (Wildman–Crippen MR) is 54.9 cm³/mol. The lowest BCUT2D eigenvalue weighted by Gasteiger charge is -2.47. The number of aliphatic hydroxyl groups is 5. The average Bonchev–Trinajstić information content (AvgIpc) is 2.19. The third-order valence-corrected chi connectivity index (χ3v) is 3.67. The fourth-order valence-electron chi connectivity index (χ4n) is 1.54. The highest BCUT2D eigenvalue weighted by Crippen LogP contribution is 2.47. The first kappa shape index (κ1) is 15.3. The van der Waals surface area contributed by atoms with Crippen LogP contribution in [0.3, 0.4) is 0 Å². The van der Waals surface area contributed by atoms with Crippen molar-refractivity contribution in [2.75, 3.05) is 0 Å². The highest BCUT2D eigenvalue weighted by molar-refractivity contribution is 7.81. The topological polar surface area (TPSA) is 168 Å². The summed E-state index contributed by atoms with van der Waals surface area (Å²) in [6.07, 6.45) is -8.00. The first-order valence-corrected chi connectivity index (χ1v) is 6.44. The summed E-state index contributed by atoms with van der Waals surface area (Å²) in [5.41, 5.74) is 0. The number of phosphoric acid groups is 1. The van der Waals surface area contributed by atoms with Crippen LogP contribution in [-0.4, -0.2) is 70.8 Å². The summed E-state index contributed by atoms with van der Waals surface area (Å²) in [4.78, 5) is 17.1. The van der Waals surface area contributed by atoms with Gasteiger partial charge >= 0.3 is 7.82 Å². The van der Waals surface area contributed by atoms with Crippen molar-refractivity contribution in [2.45, 2.75) is 35.5 Å². The van der Waals surface area contributed by atoms with Crippen molar-refractivity contribution in [3.05, 3.63) is 0 Å². The molecule has 1 aliphatic carbocycles. The Morgan fingerprint density at radius 2 is 1.53 bits per heavy atom. The van der Waals surface area contributed by atoms with Crippen LogP contribution < -0.4 is 0 Å². The molecular weight excluding hydrogens is 279 g/mol. The molecule has 0 radical (unpaired) electrons. The predicted octanol–water partition coefficient (Wildman–Crippen LogP) is -3.46. The van der Waals surface area contributed by atoms with Crippen molar-refractivity contribution in [1.82, 2.24) is 0 Å². The zero-order chi connectivity index (χ0) is 13.6. The summed E-state index contributed by atoms with van der Waals surface area (Å²) < 4.78 is 14.6. The van der Waals surface area contributed by atoms with Crippen LogP contribution in [0.2, 0.25) is 0 Å². The zero-order valence-corrected chi connectivity index (χ0v) is 10.0. The lowest BCUT2D eigenvalue weighted by Crippen LogP contribution is -2.69. The third kappa shape index (κ3) is 2.82. The molecule has 0 heterocycles. The number of aliphatic hydroxyl groups excluding tert-OH is 4. The second kappa shape index (κ2) is 4.74. The molecule has 9 nitrogen and oxygen atoms in total. The van der Waals surface area contributed by atoms with Crippen molar-refractivity contribution < 1.29 is 44.4 Å². The second-order valence-corrected chi connectivity index (χ2v) is 5.42. The molecule has 1 saturated carbocycles. The Hall–Kier alpha value is 0.260. The molecule has 0 bridgehead atoms. The van der Waals surface area contributed by atoms with Gasteiger partial charge in [-0.25, -0.2) is 9.09 Å². The largest absolute Gasteiger partial charge is 0.472 e. The van der Waals surface area contributed by atoms with Crippen LogP contribution in [0.5, 0.6) is 0 Å². The first-order chi connectivity index (χ1) is 7.50. The number of phosphoric ester groups is 1. The Bertz CT molecular complexity index is 315. The summed E-state index contributed by atoms with van der Waals surface area (Å²) in [6.45, 7) is 0. The van der Waals surface area contributed by atoms with Gasteiger partial charge in [-0.15, -0.1) is 0 Å². The van der Waals surface area contributed by atoms with E-state index in [4.69, 9.17) is 9.79 Å². The highest BCUT2D eigenvalue weighted by Gasteiger charge is 2.60. The molecule has 11 heteroatoms. The van der Waals surface area contributed by atoms with Crippen LogP contribution in [-0.2, 0) is 9.09 Å². The molecule has 17 heavy (non-hydrogen) atoms. The third-order valence-electron chi connectivity index (χ3n) is 2.46. The zero-order valence-electron chi connectivity index (χ0n) is 8.23. The van der Waals surface area contributed by atoms with E-state index in [1.807, 2.05) is 0 Å². The molecule has 102 valence electrons. The highest BCUT2D eigenvalue weighted by atomic mass is 32.1. The maximum absolute atomic E-state index is 10.6. The Balaban J connectivity index is 3.08. The SMILES string of the molecule is O=P(O)(O)O[C@]1(O)[C@H](O)[C@H](O)[C@@H](O)[C@H](O)[C@@H]1S. The summed E-state index contributed by atoms with van der Waals surface area (Å²) in [5, 5.41) is 45.3. The van der Waals surface area contributed by atoms with Gasteiger partial charge in [-0.1, -0.05) is 0 Å². The lowest BCUT2D eigenvalue weighted by molar-refractivity contribution is -0.287. The van der Waals surface area contributed by atoms with Crippen LogP contribution in [0.15, 0.2) is 0 Å². The van der Waals surface area contributed by atoms with E-state index < -0.39 is 43.3 Å². The molecule has 0 unspecified atom stereocenters. The molecule has 0 amide bonds. The van der Waals surface area contributed by atoms with Crippen molar-refractivity contribution in [2.24, 2.45) is 0 Å². The normalized spacial score (nSPS) is 48.1. The van der Waals surface area contributed by atoms with Gasteiger partial charge in [-0.2, -0.15) is 12.6 Å². The summed E-state index contributed by atoms with van der Waals surface area (Å²) in [6, 6.07) is 0. The fraction of sp³-hybridized carbons (Fsp3) is 1.00. The molecule has 1 fully saturated rings. The van der Waals surface area contributed by atoms with Crippen LogP contribution >= 0.6 is 20.5 Å². The molecule has 1 aliphatic rings. The molecule has 0 aromatic carbocycles. The number of hydrogen-bond donors (Lipinski definition) is 8. The summed E-state index contributed by atoms with van der Waals surface area (Å²) >= 11 is 3.61. The molecule has 0 aromatic heterocycles. The van der Waals surface area contributed by atoms with Crippen LogP contribution in [0, 0.1) is 0 Å². The standard InChI is InChI=1S/C6H13O9PS/c7-1-2(8)4(10)6(11,5(17)3(1)9)15-16(12,13)14/h1-5,7-11,17H,(H2,12,13,14)/t1-,2-,3+,4-,5+,6-/m1/s1. The van der Waals surface area contributed by atoms with Gasteiger partial charge in [0.25, 0.3) is 0 Å². The molecule has 0 aliphatic heterocycles. The van der Waals surface area contributed by atoms with E-state index in [9.17, 15) is 30.1 Å². The minimum Gasteiger partial charge on any atom is -0.389 e. The van der Waals surface area contributed by atoms with Gasteiger partial charge < -0.3 is 35.3 Å². The van der Waals surface area contributed by atoms with E-state index in [-0.39, 0.29) is 0 Å². The molecule has 0 saturated heterocycles. The van der Waals surface area contributed by atoms with E-state index in [1.165, 1.54) is 0 Å². The Morgan fingerprint density at radius 1 is 1.06 bits per heavy atom. The monoisotopic (exact) mass is 292 g/mol. The van der Waals surface area contributed by atoms with E-state index in [0.717, 1.165) is 0 Å². The van der Waals surface area contributed by atoms with E-state index in [0.29, 0.717) is 0 Å². The Kier molecular flexibility index (Phi) is 4.27. The van der Waals surface area contributed by atoms with E-state index in [1.54, 1.807) is 0 Å². The molecule has 6 atom stereocenters. The average molecular weight is 292 g/mol. The second-order valence-electron chi connectivity index (χ2n) is 3.70. The van der Waals surface area contributed by atoms with Gasteiger partial charge in [0.15, 0.2) is 0 Å². The maximum atomic E-state index is 10.6. The van der Waals surface area contributed by atoms with E-state index in [2.05, 4.69) is 17.2 Å². The molecule has 0 aromatic rings. The van der Waals surface area contributed by atoms with Gasteiger partial charge in [0, 0.05) is 0 Å². The number of thiol groups is 1. The lowest BCUT2D eigenvalue weighted by atomic mass is 9.84. The smallest absolute Gasteiger partial charge is 0.389 e. The van der Waals surface area contributed by atoms with Crippen LogP contribution in [0.4, 0.5) is 0 Å². The van der Waals surface area contributed by atoms with Crippen LogP contribution in [0.25, 0.3) is 0 Å². The number of hydrogen-bond acceptors (Lipinski definition) is 8. The Labute approximate surface area is 101 Å². The van der Waals surface area contributed by atoms with Gasteiger partial charge in [0.05, 0.1) is 11.4 Å². The quantitative estimate of drug-likeness (QED) is 0.146. The maximum Gasteiger partial charge on any atom is 0.472 e. The van der Waals surface area contributed by atoms with Gasteiger partial charge in [-0.05, 0) is 0 Å². The summed E-state index contributed by atoms with van der Waals surface area (Å²) in [7, 11) is -5.21. The van der Waals surface area contributed by atoms with Crippen molar-refractivity contribution in [1.29, 1.82) is 0 Å². The van der Waals surface area contributed by atoms with Gasteiger partial charge in [-0.3, -0.25) is 0 Å². The van der Waals surface area contributed by atoms with Crippen molar-refractivity contribution >= 4 is 20.5 Å².